The molecular weight excluding hydrogens is 516 g/mol. The standard InChI is InChI=1S/C29H36N4O5S/c1-18(2)26(28(34)30-5)33(29(35)23-12-9-13-23)17-21-14-15-24(22-10-7-6-8-11-22)25(16-21)39(36,37)32-27-19(3)20(4)38-31-27/h6-8,10-11,14-16,18,23,26H,9,12-13,17H2,1-5H3,(H,30,34)(H,31,32)/t26-/m0/s1. The number of carbonyl (C=O) groups is 2. The minimum atomic E-state index is -4.10. The smallest absolute Gasteiger partial charge is 0.263 e. The summed E-state index contributed by atoms with van der Waals surface area (Å²) in [6, 6.07) is 13.7. The number of nitrogens with one attached hydrogen (secondary N) is 2. The number of aryl methyl sites for hydroxylation is 1. The van der Waals surface area contributed by atoms with Crippen molar-refractivity contribution in [2.45, 2.75) is 64.4 Å². The molecule has 4 rings (SSSR count). The molecule has 0 saturated heterocycles. The maximum absolute atomic E-state index is 13.8. The molecule has 1 aromatic heterocycles. The Hall–Kier alpha value is -3.66. The Labute approximate surface area is 230 Å². The fraction of sp³-hybridized carbons (Fsp3) is 0.414. The predicted octanol–water partition coefficient (Wildman–Crippen LogP) is 4.66. The Bertz CT molecular complexity index is 1450. The first-order valence-corrected chi connectivity index (χ1v) is 14.7. The van der Waals surface area contributed by atoms with E-state index in [0.29, 0.717) is 22.5 Å². The van der Waals surface area contributed by atoms with Crippen LogP contribution in [-0.4, -0.2) is 43.4 Å². The molecule has 2 aromatic carbocycles. The van der Waals surface area contributed by atoms with Crippen LogP contribution >= 0.6 is 0 Å². The van der Waals surface area contributed by atoms with E-state index in [4.69, 9.17) is 4.52 Å². The van der Waals surface area contributed by atoms with E-state index in [9.17, 15) is 18.0 Å². The summed E-state index contributed by atoms with van der Waals surface area (Å²) in [5.74, 6) is 0.0578. The molecular formula is C29H36N4O5S. The Morgan fingerprint density at radius 2 is 1.79 bits per heavy atom. The normalized spacial score (nSPS) is 14.5. The Kier molecular flexibility index (Phi) is 8.44. The maximum atomic E-state index is 13.8. The highest BCUT2D eigenvalue weighted by molar-refractivity contribution is 7.92. The van der Waals surface area contributed by atoms with Crippen LogP contribution in [0.5, 0.6) is 0 Å². The number of amides is 2. The lowest BCUT2D eigenvalue weighted by Gasteiger charge is -2.38. The van der Waals surface area contributed by atoms with Gasteiger partial charge in [-0.15, -0.1) is 0 Å². The van der Waals surface area contributed by atoms with Crippen molar-refractivity contribution in [3.63, 3.8) is 0 Å². The van der Waals surface area contributed by atoms with Gasteiger partial charge in [0.1, 0.15) is 11.8 Å². The molecule has 1 atom stereocenters. The number of anilines is 1. The third kappa shape index (κ3) is 6.00. The van der Waals surface area contributed by atoms with Crippen molar-refractivity contribution in [1.82, 2.24) is 15.4 Å². The van der Waals surface area contributed by atoms with Crippen molar-refractivity contribution in [3.05, 3.63) is 65.4 Å². The molecule has 0 spiro atoms. The number of hydrogen-bond acceptors (Lipinski definition) is 6. The summed E-state index contributed by atoms with van der Waals surface area (Å²) >= 11 is 0. The Balaban J connectivity index is 1.79. The molecule has 39 heavy (non-hydrogen) atoms. The van der Waals surface area contributed by atoms with Crippen LogP contribution in [0, 0.1) is 25.7 Å². The van der Waals surface area contributed by atoms with Crippen molar-refractivity contribution >= 4 is 27.7 Å². The molecule has 3 aromatic rings. The van der Waals surface area contributed by atoms with Gasteiger partial charge in [-0.25, -0.2) is 8.42 Å². The second-order valence-electron chi connectivity index (χ2n) is 10.4. The zero-order chi connectivity index (χ0) is 28.3. The first-order valence-electron chi connectivity index (χ1n) is 13.2. The summed E-state index contributed by atoms with van der Waals surface area (Å²) in [5, 5.41) is 6.56. The molecule has 0 aliphatic heterocycles. The molecule has 1 saturated carbocycles. The molecule has 0 bridgehead atoms. The molecule has 208 valence electrons. The maximum Gasteiger partial charge on any atom is 0.263 e. The fourth-order valence-electron chi connectivity index (χ4n) is 4.79. The number of rotatable bonds is 10. The number of carbonyl (C=O) groups excluding carboxylic acids is 2. The summed E-state index contributed by atoms with van der Waals surface area (Å²) < 4.78 is 35.2. The van der Waals surface area contributed by atoms with Crippen LogP contribution in [-0.2, 0) is 26.2 Å². The van der Waals surface area contributed by atoms with Crippen LogP contribution in [0.2, 0.25) is 0 Å². The van der Waals surface area contributed by atoms with Gasteiger partial charge >= 0.3 is 0 Å². The van der Waals surface area contributed by atoms with E-state index in [1.807, 2.05) is 50.2 Å². The van der Waals surface area contributed by atoms with E-state index in [0.717, 1.165) is 24.8 Å². The van der Waals surface area contributed by atoms with Crippen LogP contribution in [0.3, 0.4) is 0 Å². The van der Waals surface area contributed by atoms with Crippen molar-refractivity contribution in [1.29, 1.82) is 0 Å². The molecule has 0 radical (unpaired) electrons. The summed E-state index contributed by atoms with van der Waals surface area (Å²) in [5.41, 5.74) is 2.43. The average Bonchev–Trinajstić information content (AvgIpc) is 3.19. The first-order chi connectivity index (χ1) is 18.5. The minimum absolute atomic E-state index is 0.0448. The average molecular weight is 553 g/mol. The summed E-state index contributed by atoms with van der Waals surface area (Å²) in [7, 11) is -2.54. The Morgan fingerprint density at radius 3 is 2.33 bits per heavy atom. The molecule has 2 amide bonds. The number of sulfonamides is 1. The van der Waals surface area contributed by atoms with Gasteiger partial charge < -0.3 is 14.7 Å². The molecule has 2 N–H and O–H groups in total. The highest BCUT2D eigenvalue weighted by atomic mass is 32.2. The monoisotopic (exact) mass is 552 g/mol. The second-order valence-corrected chi connectivity index (χ2v) is 12.1. The predicted molar refractivity (Wildman–Crippen MR) is 149 cm³/mol. The lowest BCUT2D eigenvalue weighted by Crippen LogP contribution is -2.53. The molecule has 10 heteroatoms. The number of benzene rings is 2. The summed E-state index contributed by atoms with van der Waals surface area (Å²) in [6.07, 6.45) is 2.57. The van der Waals surface area contributed by atoms with Gasteiger partial charge in [0.15, 0.2) is 5.82 Å². The van der Waals surface area contributed by atoms with Gasteiger partial charge in [0, 0.05) is 30.6 Å². The zero-order valence-corrected chi connectivity index (χ0v) is 23.8. The molecule has 0 unspecified atom stereocenters. The van der Waals surface area contributed by atoms with Crippen LogP contribution in [0.4, 0.5) is 5.82 Å². The molecule has 1 aliphatic carbocycles. The molecule has 1 fully saturated rings. The lowest BCUT2D eigenvalue weighted by atomic mass is 9.83. The Morgan fingerprint density at radius 1 is 1.10 bits per heavy atom. The van der Waals surface area contributed by atoms with E-state index >= 15 is 0 Å². The SMILES string of the molecule is CNC(=O)[C@H](C(C)C)N(Cc1ccc(-c2ccccc2)c(S(=O)(=O)Nc2noc(C)c2C)c1)C(=O)C1CCC1. The minimum Gasteiger partial charge on any atom is -0.359 e. The summed E-state index contributed by atoms with van der Waals surface area (Å²) in [4.78, 5) is 28.1. The van der Waals surface area contributed by atoms with Gasteiger partial charge in [-0.3, -0.25) is 14.3 Å². The van der Waals surface area contributed by atoms with E-state index in [1.54, 1.807) is 37.9 Å². The molecule has 9 nitrogen and oxygen atoms in total. The van der Waals surface area contributed by atoms with Gasteiger partial charge in [-0.2, -0.15) is 0 Å². The van der Waals surface area contributed by atoms with Crippen LogP contribution in [0.15, 0.2) is 57.9 Å². The largest absolute Gasteiger partial charge is 0.359 e. The topological polar surface area (TPSA) is 122 Å². The highest BCUT2D eigenvalue weighted by Gasteiger charge is 2.37. The van der Waals surface area contributed by atoms with E-state index < -0.39 is 16.1 Å². The lowest BCUT2D eigenvalue weighted by molar-refractivity contribution is -0.148. The fourth-order valence-corrected chi connectivity index (χ4v) is 6.13. The van der Waals surface area contributed by atoms with Gasteiger partial charge in [-0.05, 0) is 49.8 Å². The van der Waals surface area contributed by atoms with Gasteiger partial charge in [0.2, 0.25) is 11.8 Å². The number of hydrogen-bond donors (Lipinski definition) is 2. The highest BCUT2D eigenvalue weighted by Crippen LogP contribution is 2.33. The molecule has 1 aliphatic rings. The first kappa shape index (κ1) is 28.4. The zero-order valence-electron chi connectivity index (χ0n) is 23.0. The van der Waals surface area contributed by atoms with E-state index in [1.165, 1.54) is 0 Å². The van der Waals surface area contributed by atoms with Crippen LogP contribution in [0.25, 0.3) is 11.1 Å². The summed E-state index contributed by atoms with van der Waals surface area (Å²) in [6.45, 7) is 7.35. The van der Waals surface area contributed by atoms with Gasteiger partial charge in [-0.1, -0.05) is 67.9 Å². The van der Waals surface area contributed by atoms with E-state index in [2.05, 4.69) is 15.2 Å². The van der Waals surface area contributed by atoms with Crippen molar-refractivity contribution in [2.24, 2.45) is 11.8 Å². The van der Waals surface area contributed by atoms with E-state index in [-0.39, 0.29) is 40.9 Å². The quantitative estimate of drug-likeness (QED) is 0.377. The van der Waals surface area contributed by atoms with Crippen LogP contribution < -0.4 is 10.0 Å². The van der Waals surface area contributed by atoms with Crippen molar-refractivity contribution in [2.75, 3.05) is 11.8 Å². The number of likely N-dealkylation sites (N-methyl/N-ethyl adjacent to an activating group) is 1. The van der Waals surface area contributed by atoms with Gasteiger partial charge in [0.05, 0.1) is 4.90 Å². The van der Waals surface area contributed by atoms with Crippen LogP contribution in [0.1, 0.15) is 50.0 Å². The van der Waals surface area contributed by atoms with Gasteiger partial charge in [0.25, 0.3) is 10.0 Å². The van der Waals surface area contributed by atoms with Crippen molar-refractivity contribution < 1.29 is 22.5 Å². The second kappa shape index (κ2) is 11.6. The third-order valence-corrected chi connectivity index (χ3v) is 8.76. The number of nitrogens with zero attached hydrogens (tertiary/aromatic N) is 2. The molecule has 1 heterocycles. The van der Waals surface area contributed by atoms with Crippen molar-refractivity contribution in [3.8, 4) is 11.1 Å². The number of aromatic nitrogens is 1. The third-order valence-electron chi connectivity index (χ3n) is 7.38.